The molecule has 2 rings (SSSR count). The molecule has 0 aliphatic heterocycles. The molecule has 1 aromatic carbocycles. The van der Waals surface area contributed by atoms with Gasteiger partial charge in [0.05, 0.1) is 18.4 Å². The zero-order chi connectivity index (χ0) is 13.0. The zero-order valence-electron chi connectivity index (χ0n) is 9.87. The van der Waals surface area contributed by atoms with Gasteiger partial charge >= 0.3 is 0 Å². The third kappa shape index (κ3) is 2.68. The Kier molecular flexibility index (Phi) is 3.62. The van der Waals surface area contributed by atoms with Crippen LogP contribution in [0.3, 0.4) is 0 Å². The summed E-state index contributed by atoms with van der Waals surface area (Å²) >= 11 is 0. The van der Waals surface area contributed by atoms with E-state index >= 15 is 0 Å². The second-order valence-electron chi connectivity index (χ2n) is 3.70. The number of benzene rings is 1. The van der Waals surface area contributed by atoms with Crippen molar-refractivity contribution in [1.82, 2.24) is 5.32 Å². The molecule has 0 atom stereocenters. The van der Waals surface area contributed by atoms with E-state index in [0.717, 1.165) is 0 Å². The number of halogens is 1. The lowest BCUT2D eigenvalue weighted by molar-refractivity contribution is 0.0948. The molecule has 2 N–H and O–H groups in total. The summed E-state index contributed by atoms with van der Waals surface area (Å²) in [6.07, 6.45) is 1.53. The predicted octanol–water partition coefficient (Wildman–Crippen LogP) is 2.39. The maximum Gasteiger partial charge on any atom is 0.253 e. The molecule has 0 aliphatic rings. The van der Waals surface area contributed by atoms with Gasteiger partial charge in [-0.15, -0.1) is 0 Å². The quantitative estimate of drug-likeness (QED) is 0.873. The van der Waals surface area contributed by atoms with Crippen LogP contribution in [0.15, 0.2) is 41.0 Å². The van der Waals surface area contributed by atoms with Crippen LogP contribution in [0.2, 0.25) is 0 Å². The van der Waals surface area contributed by atoms with Gasteiger partial charge in [-0.25, -0.2) is 4.39 Å². The molecule has 2 aromatic rings. The predicted molar refractivity (Wildman–Crippen MR) is 65.8 cm³/mol. The Morgan fingerprint density at radius 3 is 2.89 bits per heavy atom. The van der Waals surface area contributed by atoms with Gasteiger partial charge in [-0.1, -0.05) is 0 Å². The lowest BCUT2D eigenvalue weighted by Gasteiger charge is -2.09. The van der Waals surface area contributed by atoms with Gasteiger partial charge in [0, 0.05) is 12.7 Å². The Bertz CT molecular complexity index is 538. The number of hydrogen-bond acceptors (Lipinski definition) is 3. The van der Waals surface area contributed by atoms with E-state index < -0.39 is 5.82 Å². The molecule has 0 bridgehead atoms. The fourth-order valence-electron chi connectivity index (χ4n) is 1.60. The molecular weight excluding hydrogens is 235 g/mol. The number of hydrogen-bond donors (Lipinski definition) is 2. The largest absolute Gasteiger partial charge is 0.467 e. The Morgan fingerprint density at radius 2 is 2.22 bits per heavy atom. The molecule has 1 aromatic heterocycles. The van der Waals surface area contributed by atoms with Crippen LogP contribution < -0.4 is 10.6 Å². The molecule has 0 aliphatic carbocycles. The Hall–Kier alpha value is -2.30. The number of rotatable bonds is 4. The minimum atomic E-state index is -0.447. The first-order valence-corrected chi connectivity index (χ1v) is 5.48. The van der Waals surface area contributed by atoms with E-state index in [0.29, 0.717) is 11.4 Å². The molecule has 0 unspecified atom stereocenters. The van der Waals surface area contributed by atoms with Crippen LogP contribution in [-0.4, -0.2) is 13.0 Å². The number of amides is 1. The Labute approximate surface area is 104 Å². The van der Waals surface area contributed by atoms with Crippen LogP contribution in [0.5, 0.6) is 0 Å². The molecule has 0 radical (unpaired) electrons. The van der Waals surface area contributed by atoms with Crippen LogP contribution in [0.4, 0.5) is 10.1 Å². The zero-order valence-corrected chi connectivity index (χ0v) is 9.87. The van der Waals surface area contributed by atoms with Crippen LogP contribution in [0.1, 0.15) is 16.1 Å². The highest BCUT2D eigenvalue weighted by Gasteiger charge is 2.12. The molecule has 0 saturated heterocycles. The first-order chi connectivity index (χ1) is 8.70. The van der Waals surface area contributed by atoms with Crippen molar-refractivity contribution in [3.63, 3.8) is 0 Å². The molecular formula is C13H13FN2O2. The van der Waals surface area contributed by atoms with Crippen LogP contribution in [-0.2, 0) is 6.54 Å². The first kappa shape index (κ1) is 12.2. The summed E-state index contributed by atoms with van der Waals surface area (Å²) < 4.78 is 18.2. The van der Waals surface area contributed by atoms with Gasteiger partial charge in [-0.3, -0.25) is 4.79 Å². The van der Waals surface area contributed by atoms with Crippen molar-refractivity contribution in [3.8, 4) is 0 Å². The second-order valence-corrected chi connectivity index (χ2v) is 3.70. The van der Waals surface area contributed by atoms with Crippen molar-refractivity contribution >= 4 is 11.6 Å². The van der Waals surface area contributed by atoms with Crippen molar-refractivity contribution in [2.24, 2.45) is 0 Å². The fraction of sp³-hybridized carbons (Fsp3) is 0.154. The number of carbonyl (C=O) groups is 1. The summed E-state index contributed by atoms with van der Waals surface area (Å²) in [5.41, 5.74) is 0.845. The van der Waals surface area contributed by atoms with Gasteiger partial charge in [0.15, 0.2) is 0 Å². The number of carbonyl (C=O) groups excluding carboxylic acids is 1. The van der Waals surface area contributed by atoms with Gasteiger partial charge < -0.3 is 15.1 Å². The fourth-order valence-corrected chi connectivity index (χ4v) is 1.60. The molecule has 4 nitrogen and oxygen atoms in total. The SMILES string of the molecule is CNc1ccc(F)cc1C(=O)NCc1ccco1. The third-order valence-electron chi connectivity index (χ3n) is 2.50. The van der Waals surface area contributed by atoms with Crippen LogP contribution in [0.25, 0.3) is 0 Å². The molecule has 5 heteroatoms. The minimum Gasteiger partial charge on any atom is -0.467 e. The van der Waals surface area contributed by atoms with Gasteiger partial charge in [0.1, 0.15) is 11.6 Å². The molecule has 94 valence electrons. The maximum absolute atomic E-state index is 13.1. The molecule has 18 heavy (non-hydrogen) atoms. The maximum atomic E-state index is 13.1. The van der Waals surface area contributed by atoms with Crippen molar-refractivity contribution in [2.75, 3.05) is 12.4 Å². The van der Waals surface area contributed by atoms with Crippen molar-refractivity contribution in [3.05, 3.63) is 53.7 Å². The van der Waals surface area contributed by atoms with Crippen LogP contribution >= 0.6 is 0 Å². The first-order valence-electron chi connectivity index (χ1n) is 5.48. The summed E-state index contributed by atoms with van der Waals surface area (Å²) in [5.74, 6) is -0.154. The van der Waals surface area contributed by atoms with E-state index in [4.69, 9.17) is 4.42 Å². The van der Waals surface area contributed by atoms with E-state index in [2.05, 4.69) is 10.6 Å². The summed E-state index contributed by atoms with van der Waals surface area (Å²) in [6.45, 7) is 0.269. The van der Waals surface area contributed by atoms with E-state index in [1.165, 1.54) is 24.5 Å². The van der Waals surface area contributed by atoms with E-state index in [9.17, 15) is 9.18 Å². The molecule has 1 amide bonds. The Balaban J connectivity index is 2.10. The van der Waals surface area contributed by atoms with Crippen molar-refractivity contribution < 1.29 is 13.6 Å². The topological polar surface area (TPSA) is 54.3 Å². The summed E-state index contributed by atoms with van der Waals surface area (Å²) in [5, 5.41) is 5.51. The van der Waals surface area contributed by atoms with Gasteiger partial charge in [-0.2, -0.15) is 0 Å². The Morgan fingerprint density at radius 1 is 1.39 bits per heavy atom. The van der Waals surface area contributed by atoms with Crippen LogP contribution in [0, 0.1) is 5.82 Å². The van der Waals surface area contributed by atoms with E-state index in [1.54, 1.807) is 19.2 Å². The lowest BCUT2D eigenvalue weighted by Crippen LogP contribution is -2.23. The van der Waals surface area contributed by atoms with E-state index in [-0.39, 0.29) is 18.0 Å². The van der Waals surface area contributed by atoms with Gasteiger partial charge in [0.2, 0.25) is 0 Å². The molecule has 0 spiro atoms. The van der Waals surface area contributed by atoms with Crippen molar-refractivity contribution in [2.45, 2.75) is 6.54 Å². The average molecular weight is 248 g/mol. The highest BCUT2D eigenvalue weighted by molar-refractivity contribution is 5.99. The monoisotopic (exact) mass is 248 g/mol. The smallest absolute Gasteiger partial charge is 0.253 e. The van der Waals surface area contributed by atoms with E-state index in [1.807, 2.05) is 0 Å². The second kappa shape index (κ2) is 5.35. The molecule has 0 fully saturated rings. The highest BCUT2D eigenvalue weighted by atomic mass is 19.1. The summed E-state index contributed by atoms with van der Waals surface area (Å²) in [4.78, 5) is 11.9. The standard InChI is InChI=1S/C13H13FN2O2/c1-15-12-5-4-9(14)7-11(12)13(17)16-8-10-3-2-6-18-10/h2-7,15H,8H2,1H3,(H,16,17). The van der Waals surface area contributed by atoms with Gasteiger partial charge in [0.25, 0.3) is 5.91 Å². The van der Waals surface area contributed by atoms with Crippen molar-refractivity contribution in [1.29, 1.82) is 0 Å². The molecule has 1 heterocycles. The lowest BCUT2D eigenvalue weighted by atomic mass is 10.1. The third-order valence-corrected chi connectivity index (χ3v) is 2.50. The van der Waals surface area contributed by atoms with Gasteiger partial charge in [-0.05, 0) is 30.3 Å². The molecule has 0 saturated carbocycles. The summed E-state index contributed by atoms with van der Waals surface area (Å²) in [7, 11) is 1.68. The average Bonchev–Trinajstić information content (AvgIpc) is 2.89. The minimum absolute atomic E-state index is 0.268. The number of nitrogens with one attached hydrogen (secondary N) is 2. The highest BCUT2D eigenvalue weighted by Crippen LogP contribution is 2.16. The number of anilines is 1. The normalized spacial score (nSPS) is 10.1. The summed E-state index contributed by atoms with van der Waals surface area (Å²) in [6, 6.07) is 7.52. The number of furan rings is 1.